The molecule has 4 aromatic rings. The van der Waals surface area contributed by atoms with Crippen LogP contribution in [0.4, 0.5) is 11.6 Å². The minimum atomic E-state index is 0.526. The lowest BCUT2D eigenvalue weighted by atomic mass is 9.90. The predicted molar refractivity (Wildman–Crippen MR) is 121 cm³/mol. The van der Waals surface area contributed by atoms with Gasteiger partial charge in [0.25, 0.3) is 0 Å². The Bertz CT molecular complexity index is 1210. The van der Waals surface area contributed by atoms with Crippen molar-refractivity contribution in [2.24, 2.45) is 0 Å². The molecule has 5 rings (SSSR count). The molecule has 157 valence electrons. The summed E-state index contributed by atoms with van der Waals surface area (Å²) in [6.07, 6.45) is 7.81. The van der Waals surface area contributed by atoms with Gasteiger partial charge in [0.05, 0.1) is 30.2 Å². The van der Waals surface area contributed by atoms with Crippen molar-refractivity contribution in [3.63, 3.8) is 0 Å². The van der Waals surface area contributed by atoms with Gasteiger partial charge in [-0.2, -0.15) is 5.10 Å². The topological polar surface area (TPSA) is 78.4 Å². The zero-order valence-corrected chi connectivity index (χ0v) is 17.7. The number of nitrogens with one attached hydrogen (secondary N) is 1. The van der Waals surface area contributed by atoms with Crippen molar-refractivity contribution in [3.05, 3.63) is 66.1 Å². The first-order valence-electron chi connectivity index (χ1n) is 10.6. The van der Waals surface area contributed by atoms with Crippen LogP contribution in [0.15, 0.2) is 55.0 Å². The number of piperidine rings is 1. The molecule has 31 heavy (non-hydrogen) atoms. The van der Waals surface area contributed by atoms with Crippen LogP contribution in [0.25, 0.3) is 16.8 Å². The van der Waals surface area contributed by atoms with Gasteiger partial charge in [0, 0.05) is 31.0 Å². The zero-order chi connectivity index (χ0) is 21.2. The van der Waals surface area contributed by atoms with E-state index in [9.17, 15) is 0 Å². The Balaban J connectivity index is 1.46. The minimum Gasteiger partial charge on any atom is -0.495 e. The van der Waals surface area contributed by atoms with Gasteiger partial charge in [0.2, 0.25) is 5.95 Å². The third-order valence-electron chi connectivity index (χ3n) is 5.87. The summed E-state index contributed by atoms with van der Waals surface area (Å²) in [6.45, 7) is 3.89. The second-order valence-electron chi connectivity index (χ2n) is 7.84. The van der Waals surface area contributed by atoms with Crippen LogP contribution in [0.3, 0.4) is 0 Å². The van der Waals surface area contributed by atoms with Gasteiger partial charge in [-0.15, -0.1) is 0 Å². The summed E-state index contributed by atoms with van der Waals surface area (Å²) in [6, 6.07) is 12.3. The fraction of sp³-hybridized carbons (Fsp3) is 0.292. The third kappa shape index (κ3) is 3.84. The van der Waals surface area contributed by atoms with Gasteiger partial charge in [-0.05, 0) is 61.1 Å². The van der Waals surface area contributed by atoms with E-state index in [1.807, 2.05) is 48.2 Å². The van der Waals surface area contributed by atoms with E-state index in [0.717, 1.165) is 59.7 Å². The number of aryl methyl sites for hydroxylation is 1. The Labute approximate surface area is 181 Å². The highest BCUT2D eigenvalue weighted by Gasteiger charge is 2.18. The van der Waals surface area contributed by atoms with Crippen LogP contribution in [-0.4, -0.2) is 39.8 Å². The van der Waals surface area contributed by atoms with Crippen LogP contribution in [-0.2, 0) is 0 Å². The molecular weight excluding hydrogens is 388 g/mol. The van der Waals surface area contributed by atoms with Crippen molar-refractivity contribution in [3.8, 4) is 17.0 Å². The summed E-state index contributed by atoms with van der Waals surface area (Å²) in [4.78, 5) is 9.30. The Morgan fingerprint density at radius 2 is 1.97 bits per heavy atom. The molecule has 1 aliphatic rings. The van der Waals surface area contributed by atoms with Crippen LogP contribution in [0.1, 0.15) is 29.9 Å². The first-order valence-corrected chi connectivity index (χ1v) is 10.6. The van der Waals surface area contributed by atoms with Crippen LogP contribution in [0, 0.1) is 6.92 Å². The molecule has 1 fully saturated rings. The number of nitrogens with zero attached hydrogens (tertiary/aromatic N) is 5. The molecule has 0 unspecified atom stereocenters. The van der Waals surface area contributed by atoms with Gasteiger partial charge in [0.15, 0.2) is 0 Å². The zero-order valence-electron chi connectivity index (χ0n) is 17.7. The highest BCUT2D eigenvalue weighted by atomic mass is 16.5. The van der Waals surface area contributed by atoms with Gasteiger partial charge >= 0.3 is 0 Å². The highest BCUT2D eigenvalue weighted by Crippen LogP contribution is 2.34. The number of anilines is 2. The molecule has 1 saturated heterocycles. The van der Waals surface area contributed by atoms with E-state index < -0.39 is 0 Å². The Kier molecular flexibility index (Phi) is 5.26. The standard InChI is InChI=1S/C24H25N6O/c1-16-14-26-24(29-23(16)19-15-27-30-12-4-3-5-21(19)30)28-20-7-6-18(13-22(20)31-2)17-8-10-25-11-9-17/h3-7,12-15,17H,8-11H2,1-2H3,(H,26,28,29). The SMILES string of the molecule is COc1cc(C2CC[N]CC2)ccc1Nc1ncc(C)c(-c2cnn3ccccc23)n1. The molecule has 0 saturated carbocycles. The molecule has 0 atom stereocenters. The maximum absolute atomic E-state index is 5.68. The lowest BCUT2D eigenvalue weighted by Gasteiger charge is -2.23. The van der Waals surface area contributed by atoms with Gasteiger partial charge in [-0.25, -0.2) is 19.8 Å². The van der Waals surface area contributed by atoms with Crippen molar-refractivity contribution < 1.29 is 4.74 Å². The van der Waals surface area contributed by atoms with E-state index in [-0.39, 0.29) is 0 Å². The van der Waals surface area contributed by atoms with Crippen LogP contribution in [0.2, 0.25) is 0 Å². The van der Waals surface area contributed by atoms with Crippen LogP contribution in [0.5, 0.6) is 5.75 Å². The lowest BCUT2D eigenvalue weighted by molar-refractivity contribution is 0.412. The molecule has 1 aliphatic heterocycles. The number of rotatable bonds is 5. The molecule has 3 aromatic heterocycles. The number of pyridine rings is 1. The Morgan fingerprint density at radius 1 is 1.10 bits per heavy atom. The largest absolute Gasteiger partial charge is 0.495 e. The van der Waals surface area contributed by atoms with E-state index in [4.69, 9.17) is 9.72 Å². The molecule has 1 aromatic carbocycles. The first kappa shape index (κ1) is 19.5. The Morgan fingerprint density at radius 3 is 2.81 bits per heavy atom. The first-order chi connectivity index (χ1) is 15.2. The average Bonchev–Trinajstić information content (AvgIpc) is 3.25. The number of methoxy groups -OCH3 is 1. The second-order valence-corrected chi connectivity index (χ2v) is 7.84. The number of benzene rings is 1. The van der Waals surface area contributed by atoms with Gasteiger partial charge in [-0.1, -0.05) is 12.1 Å². The summed E-state index contributed by atoms with van der Waals surface area (Å²) < 4.78 is 7.53. The maximum atomic E-state index is 5.68. The van der Waals surface area contributed by atoms with Crippen molar-refractivity contribution in [2.45, 2.75) is 25.7 Å². The smallest absolute Gasteiger partial charge is 0.227 e. The fourth-order valence-electron chi connectivity index (χ4n) is 4.16. The normalized spacial score (nSPS) is 14.6. The number of fused-ring (bicyclic) bond motifs is 1. The second kappa shape index (κ2) is 8.35. The molecule has 1 N–H and O–H groups in total. The molecular formula is C24H25N6O. The molecule has 7 nitrogen and oxygen atoms in total. The van der Waals surface area contributed by atoms with Crippen LogP contribution < -0.4 is 15.4 Å². The average molecular weight is 414 g/mol. The number of aromatic nitrogens is 4. The minimum absolute atomic E-state index is 0.526. The molecule has 0 bridgehead atoms. The summed E-state index contributed by atoms with van der Waals surface area (Å²) in [7, 11) is 1.70. The van der Waals surface area contributed by atoms with Crippen LogP contribution >= 0.6 is 0 Å². The summed E-state index contributed by atoms with van der Waals surface area (Å²) in [5, 5.41) is 12.2. The summed E-state index contributed by atoms with van der Waals surface area (Å²) >= 11 is 0. The molecule has 0 amide bonds. The van der Waals surface area contributed by atoms with E-state index in [2.05, 4.69) is 38.9 Å². The number of hydrogen-bond donors (Lipinski definition) is 1. The van der Waals surface area contributed by atoms with Crippen molar-refractivity contribution in [2.75, 3.05) is 25.5 Å². The quantitative estimate of drug-likeness (QED) is 0.527. The molecule has 0 aliphatic carbocycles. The van der Waals surface area contributed by atoms with E-state index in [1.165, 1.54) is 5.56 Å². The number of hydrogen-bond acceptors (Lipinski definition) is 5. The monoisotopic (exact) mass is 413 g/mol. The van der Waals surface area contributed by atoms with E-state index in [0.29, 0.717) is 11.9 Å². The van der Waals surface area contributed by atoms with Crippen molar-refractivity contribution in [1.29, 1.82) is 0 Å². The summed E-state index contributed by atoms with van der Waals surface area (Å²) in [5.74, 6) is 1.86. The van der Waals surface area contributed by atoms with Crippen molar-refractivity contribution in [1.82, 2.24) is 24.9 Å². The maximum Gasteiger partial charge on any atom is 0.227 e. The molecule has 1 radical (unpaired) electrons. The Hall–Kier alpha value is -3.45. The summed E-state index contributed by atoms with van der Waals surface area (Å²) in [5.41, 5.74) is 6.00. The molecule has 4 heterocycles. The lowest BCUT2D eigenvalue weighted by Crippen LogP contribution is -2.21. The van der Waals surface area contributed by atoms with Gasteiger partial charge in [0.1, 0.15) is 5.75 Å². The molecule has 7 heteroatoms. The van der Waals surface area contributed by atoms with Crippen molar-refractivity contribution >= 4 is 17.2 Å². The van der Waals surface area contributed by atoms with E-state index >= 15 is 0 Å². The van der Waals surface area contributed by atoms with E-state index in [1.54, 1.807) is 7.11 Å². The third-order valence-corrected chi connectivity index (χ3v) is 5.87. The highest BCUT2D eigenvalue weighted by molar-refractivity contribution is 5.79. The fourth-order valence-corrected chi connectivity index (χ4v) is 4.16. The van der Waals surface area contributed by atoms with Gasteiger partial charge in [-0.3, -0.25) is 0 Å². The number of ether oxygens (including phenoxy) is 1. The van der Waals surface area contributed by atoms with Gasteiger partial charge < -0.3 is 10.1 Å². The predicted octanol–water partition coefficient (Wildman–Crippen LogP) is 4.33. The molecule has 0 spiro atoms.